The number of likely N-dealkylation sites (tertiary alicyclic amines) is 1. The maximum absolute atomic E-state index is 10.3. The smallest absolute Gasteiger partial charge is 0.181 e. The first-order chi connectivity index (χ1) is 9.72. The van der Waals surface area contributed by atoms with Gasteiger partial charge in [-0.05, 0) is 36.7 Å². The molecule has 0 aromatic heterocycles. The molecule has 1 saturated heterocycles. The molecule has 2 aromatic rings. The highest BCUT2D eigenvalue weighted by molar-refractivity contribution is 5.83. The number of rotatable bonds is 3. The van der Waals surface area contributed by atoms with E-state index in [4.69, 9.17) is 4.74 Å². The van der Waals surface area contributed by atoms with Crippen molar-refractivity contribution in [3.05, 3.63) is 48.0 Å². The Labute approximate surface area is 119 Å². The summed E-state index contributed by atoms with van der Waals surface area (Å²) in [4.78, 5) is 2.29. The summed E-state index contributed by atoms with van der Waals surface area (Å²) in [5.41, 5.74) is 0.836. The van der Waals surface area contributed by atoms with E-state index in [9.17, 15) is 5.11 Å². The molecular weight excluding hydrogens is 250 g/mol. The molecule has 0 aliphatic carbocycles. The molecule has 3 rings (SSSR count). The summed E-state index contributed by atoms with van der Waals surface area (Å²) in [7, 11) is 2.12. The Morgan fingerprint density at radius 2 is 1.80 bits per heavy atom. The zero-order valence-corrected chi connectivity index (χ0v) is 11.8. The molecule has 1 aliphatic rings. The van der Waals surface area contributed by atoms with Gasteiger partial charge in [-0.3, -0.25) is 0 Å². The number of piperidine rings is 1. The first-order valence-corrected chi connectivity index (χ1v) is 7.23. The van der Waals surface area contributed by atoms with Gasteiger partial charge in [-0.15, -0.1) is 0 Å². The van der Waals surface area contributed by atoms with Crippen LogP contribution in [0.2, 0.25) is 0 Å². The van der Waals surface area contributed by atoms with Crippen LogP contribution in [-0.4, -0.2) is 36.2 Å². The monoisotopic (exact) mass is 271 g/mol. The number of aliphatic hydroxyl groups is 1. The molecule has 20 heavy (non-hydrogen) atoms. The van der Waals surface area contributed by atoms with Crippen LogP contribution in [0.1, 0.15) is 24.7 Å². The molecule has 3 heteroatoms. The predicted molar refractivity (Wildman–Crippen MR) is 80.5 cm³/mol. The fourth-order valence-corrected chi connectivity index (χ4v) is 2.74. The minimum absolute atomic E-state index is 0.160. The average molecular weight is 271 g/mol. The number of nitrogens with zero attached hydrogens (tertiary/aromatic N) is 1. The summed E-state index contributed by atoms with van der Waals surface area (Å²) >= 11 is 0. The lowest BCUT2D eigenvalue weighted by molar-refractivity contribution is -0.150. The van der Waals surface area contributed by atoms with Gasteiger partial charge in [0.05, 0.1) is 6.10 Å². The second kappa shape index (κ2) is 5.92. The van der Waals surface area contributed by atoms with Crippen molar-refractivity contribution in [3.8, 4) is 0 Å². The molecule has 0 radical (unpaired) electrons. The Kier molecular flexibility index (Phi) is 4.01. The van der Waals surface area contributed by atoms with Gasteiger partial charge in [0.15, 0.2) is 6.29 Å². The maximum Gasteiger partial charge on any atom is 0.181 e. The fraction of sp³-hybridized carbons (Fsp3) is 0.412. The standard InChI is InChI=1S/C17H21NO2/c1-18-10-8-16(9-11-18)20-17(19)15-7-6-13-4-2-3-5-14(13)12-15/h2-7,12,16-17,19H,8-11H2,1H3. The second-order valence-corrected chi connectivity index (χ2v) is 5.60. The summed E-state index contributed by atoms with van der Waals surface area (Å²) in [5.74, 6) is 0. The number of aliphatic hydroxyl groups excluding tert-OH is 1. The van der Waals surface area contributed by atoms with Crippen molar-refractivity contribution in [1.29, 1.82) is 0 Å². The van der Waals surface area contributed by atoms with Gasteiger partial charge in [-0.2, -0.15) is 0 Å². The van der Waals surface area contributed by atoms with Gasteiger partial charge in [-0.25, -0.2) is 0 Å². The highest BCUT2D eigenvalue weighted by Gasteiger charge is 2.20. The maximum atomic E-state index is 10.3. The van der Waals surface area contributed by atoms with Gasteiger partial charge in [0.25, 0.3) is 0 Å². The van der Waals surface area contributed by atoms with Gasteiger partial charge in [0.2, 0.25) is 0 Å². The first kappa shape index (κ1) is 13.6. The number of hydrogen-bond acceptors (Lipinski definition) is 3. The number of benzene rings is 2. The van der Waals surface area contributed by atoms with E-state index >= 15 is 0 Å². The lowest BCUT2D eigenvalue weighted by atomic mass is 10.1. The summed E-state index contributed by atoms with van der Waals surface area (Å²) in [6.45, 7) is 2.07. The van der Waals surface area contributed by atoms with Crippen molar-refractivity contribution in [1.82, 2.24) is 4.90 Å². The number of ether oxygens (including phenoxy) is 1. The second-order valence-electron chi connectivity index (χ2n) is 5.60. The van der Waals surface area contributed by atoms with Crippen LogP contribution < -0.4 is 0 Å². The molecule has 0 saturated carbocycles. The van der Waals surface area contributed by atoms with Crippen molar-refractivity contribution >= 4 is 10.8 Å². The van der Waals surface area contributed by atoms with Crippen molar-refractivity contribution in [2.24, 2.45) is 0 Å². The van der Waals surface area contributed by atoms with Gasteiger partial charge in [0, 0.05) is 18.7 Å². The van der Waals surface area contributed by atoms with Crippen LogP contribution in [0, 0.1) is 0 Å². The van der Waals surface area contributed by atoms with Gasteiger partial charge >= 0.3 is 0 Å². The Morgan fingerprint density at radius 3 is 2.55 bits per heavy atom. The lowest BCUT2D eigenvalue weighted by Crippen LogP contribution is -2.34. The average Bonchev–Trinajstić information content (AvgIpc) is 2.49. The molecule has 1 heterocycles. The highest BCUT2D eigenvalue weighted by Crippen LogP contribution is 2.24. The topological polar surface area (TPSA) is 32.7 Å². The SMILES string of the molecule is CN1CCC(OC(O)c2ccc3ccccc3c2)CC1. The Morgan fingerprint density at radius 1 is 1.10 bits per heavy atom. The molecule has 1 atom stereocenters. The van der Waals surface area contributed by atoms with Crippen molar-refractivity contribution < 1.29 is 9.84 Å². The van der Waals surface area contributed by atoms with E-state index in [-0.39, 0.29) is 6.10 Å². The van der Waals surface area contributed by atoms with E-state index in [1.54, 1.807) is 0 Å². The quantitative estimate of drug-likeness (QED) is 0.871. The Bertz CT molecular complexity index is 576. The molecule has 1 aliphatic heterocycles. The molecule has 1 fully saturated rings. The van der Waals surface area contributed by atoms with E-state index < -0.39 is 6.29 Å². The van der Waals surface area contributed by atoms with E-state index in [0.29, 0.717) is 0 Å². The molecule has 2 aromatic carbocycles. The lowest BCUT2D eigenvalue weighted by Gasteiger charge is -2.30. The van der Waals surface area contributed by atoms with E-state index in [2.05, 4.69) is 24.1 Å². The summed E-state index contributed by atoms with van der Waals surface area (Å²) < 4.78 is 5.80. The number of hydrogen-bond donors (Lipinski definition) is 1. The van der Waals surface area contributed by atoms with Gasteiger partial charge in [0.1, 0.15) is 0 Å². The minimum Gasteiger partial charge on any atom is -0.364 e. The van der Waals surface area contributed by atoms with Crippen LogP contribution in [-0.2, 0) is 4.74 Å². The van der Waals surface area contributed by atoms with Crippen LogP contribution in [0.3, 0.4) is 0 Å². The summed E-state index contributed by atoms with van der Waals surface area (Å²) in [6.07, 6.45) is 1.31. The zero-order chi connectivity index (χ0) is 13.9. The Hall–Kier alpha value is -1.42. The number of fused-ring (bicyclic) bond motifs is 1. The van der Waals surface area contributed by atoms with E-state index in [0.717, 1.165) is 36.9 Å². The van der Waals surface area contributed by atoms with Crippen molar-refractivity contribution in [2.45, 2.75) is 25.2 Å². The van der Waals surface area contributed by atoms with Crippen LogP contribution in [0.5, 0.6) is 0 Å². The van der Waals surface area contributed by atoms with E-state index in [1.807, 2.05) is 30.3 Å². The van der Waals surface area contributed by atoms with Crippen LogP contribution in [0.4, 0.5) is 0 Å². The van der Waals surface area contributed by atoms with E-state index in [1.165, 1.54) is 5.39 Å². The molecule has 0 bridgehead atoms. The third-order valence-corrected chi connectivity index (χ3v) is 4.05. The van der Waals surface area contributed by atoms with Gasteiger partial charge in [-0.1, -0.05) is 36.4 Å². The normalized spacial score (nSPS) is 19.3. The molecule has 3 nitrogen and oxygen atoms in total. The predicted octanol–water partition coefficient (Wildman–Crippen LogP) is 2.94. The molecule has 1 N–H and O–H groups in total. The van der Waals surface area contributed by atoms with Crippen LogP contribution in [0.25, 0.3) is 10.8 Å². The Balaban J connectivity index is 1.70. The highest BCUT2D eigenvalue weighted by atomic mass is 16.6. The van der Waals surface area contributed by atoms with Crippen LogP contribution in [0.15, 0.2) is 42.5 Å². The zero-order valence-electron chi connectivity index (χ0n) is 11.8. The third-order valence-electron chi connectivity index (χ3n) is 4.05. The van der Waals surface area contributed by atoms with Crippen molar-refractivity contribution in [3.63, 3.8) is 0 Å². The molecule has 0 spiro atoms. The minimum atomic E-state index is -0.826. The third kappa shape index (κ3) is 3.01. The fourth-order valence-electron chi connectivity index (χ4n) is 2.74. The van der Waals surface area contributed by atoms with Crippen LogP contribution >= 0.6 is 0 Å². The summed E-state index contributed by atoms with van der Waals surface area (Å²) in [5, 5.41) is 12.6. The first-order valence-electron chi connectivity index (χ1n) is 7.23. The summed E-state index contributed by atoms with van der Waals surface area (Å²) in [6, 6.07) is 14.1. The van der Waals surface area contributed by atoms with Crippen molar-refractivity contribution in [2.75, 3.05) is 20.1 Å². The molecule has 106 valence electrons. The largest absolute Gasteiger partial charge is 0.364 e. The van der Waals surface area contributed by atoms with Gasteiger partial charge < -0.3 is 14.7 Å². The molecular formula is C17H21NO2. The molecule has 1 unspecified atom stereocenters. The molecule has 0 amide bonds.